The van der Waals surface area contributed by atoms with Crippen LogP contribution in [0.25, 0.3) is 0 Å². The van der Waals surface area contributed by atoms with Crippen LogP contribution in [0.1, 0.15) is 49.8 Å². The van der Waals surface area contributed by atoms with Crippen molar-refractivity contribution in [2.45, 2.75) is 44.7 Å². The van der Waals surface area contributed by atoms with Crippen LogP contribution in [0.3, 0.4) is 0 Å². The first-order chi connectivity index (χ1) is 17.3. The summed E-state index contributed by atoms with van der Waals surface area (Å²) in [5, 5.41) is 23.2. The molecule has 1 saturated carbocycles. The number of nitriles is 1. The van der Waals surface area contributed by atoms with E-state index < -0.39 is 5.97 Å². The number of carbonyl (C=O) groups is 1. The summed E-state index contributed by atoms with van der Waals surface area (Å²) in [6.45, 7) is 5.88. The number of benzene rings is 1. The summed E-state index contributed by atoms with van der Waals surface area (Å²) in [6.07, 6.45) is 5.53. The van der Waals surface area contributed by atoms with Crippen molar-refractivity contribution in [3.05, 3.63) is 45.6 Å². The molecule has 0 amide bonds. The van der Waals surface area contributed by atoms with Crippen LogP contribution in [-0.4, -0.2) is 58.2 Å². The van der Waals surface area contributed by atoms with Crippen molar-refractivity contribution in [2.75, 3.05) is 36.4 Å². The zero-order valence-corrected chi connectivity index (χ0v) is 21.7. The number of hydrogen-bond donors (Lipinski definition) is 2. The second-order valence-electron chi connectivity index (χ2n) is 10.3. The SMILES string of the molecule is CC(Nc1nc(N2CC([C@H]3CCCN(C4CC(C(=O)O)C4)C3)C2)ncc1C#N)c1ccc(Cl)cc1Cl. The molecule has 190 valence electrons. The van der Waals surface area contributed by atoms with Gasteiger partial charge in [-0.3, -0.25) is 4.79 Å². The van der Waals surface area contributed by atoms with E-state index in [9.17, 15) is 15.2 Å². The smallest absolute Gasteiger partial charge is 0.306 e. The van der Waals surface area contributed by atoms with Gasteiger partial charge in [0.25, 0.3) is 0 Å². The molecule has 1 aromatic heterocycles. The molecule has 3 heterocycles. The normalized spacial score (nSPS) is 25.4. The Labute approximate surface area is 221 Å². The molecule has 1 unspecified atom stereocenters. The number of nitrogens with one attached hydrogen (secondary N) is 1. The molecule has 0 spiro atoms. The summed E-state index contributed by atoms with van der Waals surface area (Å²) in [4.78, 5) is 25.0. The van der Waals surface area contributed by atoms with Crippen molar-refractivity contribution in [1.82, 2.24) is 14.9 Å². The predicted octanol–water partition coefficient (Wildman–Crippen LogP) is 4.84. The van der Waals surface area contributed by atoms with Gasteiger partial charge in [0.15, 0.2) is 0 Å². The van der Waals surface area contributed by atoms with Crippen molar-refractivity contribution in [3.63, 3.8) is 0 Å². The van der Waals surface area contributed by atoms with Crippen LogP contribution in [0, 0.1) is 29.1 Å². The fourth-order valence-electron chi connectivity index (χ4n) is 5.67. The molecule has 0 bridgehead atoms. The Hall–Kier alpha value is -2.60. The largest absolute Gasteiger partial charge is 0.481 e. The van der Waals surface area contributed by atoms with Crippen LogP contribution in [0.2, 0.25) is 10.0 Å². The van der Waals surface area contributed by atoms with Crippen LogP contribution < -0.4 is 10.2 Å². The second-order valence-corrected chi connectivity index (χ2v) is 11.1. The van der Waals surface area contributed by atoms with Crippen molar-refractivity contribution >= 4 is 40.9 Å². The molecule has 36 heavy (non-hydrogen) atoms. The lowest BCUT2D eigenvalue weighted by atomic mass is 9.76. The molecule has 3 fully saturated rings. The van der Waals surface area contributed by atoms with Gasteiger partial charge in [-0.25, -0.2) is 4.98 Å². The van der Waals surface area contributed by atoms with Crippen molar-refractivity contribution in [3.8, 4) is 6.07 Å². The number of anilines is 2. The molecule has 2 aromatic rings. The number of carboxylic acid groups (broad SMARTS) is 1. The van der Waals surface area contributed by atoms with E-state index in [1.165, 1.54) is 12.8 Å². The summed E-state index contributed by atoms with van der Waals surface area (Å²) < 4.78 is 0. The van der Waals surface area contributed by atoms with Gasteiger partial charge in [0.2, 0.25) is 5.95 Å². The number of rotatable bonds is 7. The quantitative estimate of drug-likeness (QED) is 0.525. The number of halogens is 2. The van der Waals surface area contributed by atoms with Crippen LogP contribution >= 0.6 is 23.2 Å². The summed E-state index contributed by atoms with van der Waals surface area (Å²) in [5.74, 6) is 1.48. The second kappa shape index (κ2) is 10.4. The topological polar surface area (TPSA) is 105 Å². The van der Waals surface area contributed by atoms with E-state index in [1.807, 2.05) is 13.0 Å². The Morgan fingerprint density at radius 1 is 1.25 bits per heavy atom. The first-order valence-electron chi connectivity index (χ1n) is 12.5. The lowest BCUT2D eigenvalue weighted by Gasteiger charge is -2.50. The first kappa shape index (κ1) is 25.1. The van der Waals surface area contributed by atoms with Crippen molar-refractivity contribution in [2.24, 2.45) is 17.8 Å². The first-order valence-corrected chi connectivity index (χ1v) is 13.3. The molecule has 1 aliphatic carbocycles. The average molecular weight is 529 g/mol. The molecule has 8 nitrogen and oxygen atoms in total. The highest BCUT2D eigenvalue weighted by Crippen LogP contribution is 2.38. The highest BCUT2D eigenvalue weighted by atomic mass is 35.5. The Morgan fingerprint density at radius 2 is 2.03 bits per heavy atom. The maximum atomic E-state index is 11.2. The Bertz CT molecular complexity index is 1180. The number of aromatic nitrogens is 2. The van der Waals surface area contributed by atoms with Gasteiger partial charge in [-0.2, -0.15) is 10.2 Å². The minimum Gasteiger partial charge on any atom is -0.481 e. The van der Waals surface area contributed by atoms with Gasteiger partial charge in [-0.15, -0.1) is 0 Å². The molecule has 3 aliphatic rings. The van der Waals surface area contributed by atoms with Crippen LogP contribution in [-0.2, 0) is 4.79 Å². The Balaban J connectivity index is 1.20. The fourth-order valence-corrected chi connectivity index (χ4v) is 6.24. The lowest BCUT2D eigenvalue weighted by molar-refractivity contribution is -0.147. The van der Waals surface area contributed by atoms with Gasteiger partial charge >= 0.3 is 5.97 Å². The van der Waals surface area contributed by atoms with E-state index in [1.54, 1.807) is 18.3 Å². The molecule has 2 N–H and O–H groups in total. The van der Waals surface area contributed by atoms with Crippen LogP contribution in [0.15, 0.2) is 24.4 Å². The van der Waals surface area contributed by atoms with Gasteiger partial charge < -0.3 is 20.2 Å². The predicted molar refractivity (Wildman–Crippen MR) is 139 cm³/mol. The lowest BCUT2D eigenvalue weighted by Crippen LogP contribution is -2.56. The zero-order chi connectivity index (χ0) is 25.4. The van der Waals surface area contributed by atoms with E-state index in [4.69, 9.17) is 28.2 Å². The average Bonchev–Trinajstić information content (AvgIpc) is 2.77. The van der Waals surface area contributed by atoms with E-state index >= 15 is 0 Å². The third-order valence-electron chi connectivity index (χ3n) is 8.01. The van der Waals surface area contributed by atoms with Crippen molar-refractivity contribution in [1.29, 1.82) is 5.26 Å². The third-order valence-corrected chi connectivity index (χ3v) is 8.57. The molecule has 2 aliphatic heterocycles. The highest BCUT2D eigenvalue weighted by Gasteiger charge is 2.42. The Morgan fingerprint density at radius 3 is 2.72 bits per heavy atom. The number of piperidine rings is 1. The summed E-state index contributed by atoms with van der Waals surface area (Å²) >= 11 is 12.4. The van der Waals surface area contributed by atoms with E-state index in [2.05, 4.69) is 26.2 Å². The molecule has 10 heteroatoms. The number of carboxylic acids is 1. The van der Waals surface area contributed by atoms with E-state index in [0.29, 0.717) is 45.3 Å². The molecule has 2 atom stereocenters. The van der Waals surface area contributed by atoms with Crippen LogP contribution in [0.5, 0.6) is 0 Å². The third kappa shape index (κ3) is 5.10. The monoisotopic (exact) mass is 528 g/mol. The van der Waals surface area contributed by atoms with Gasteiger partial charge in [0.05, 0.1) is 18.2 Å². The fraction of sp³-hybridized carbons (Fsp3) is 0.538. The molecule has 2 saturated heterocycles. The Kier molecular flexibility index (Phi) is 7.25. The molecule has 5 rings (SSSR count). The minimum absolute atomic E-state index is 0.163. The molecule has 0 radical (unpaired) electrons. The number of likely N-dealkylation sites (tertiary alicyclic amines) is 1. The van der Waals surface area contributed by atoms with Gasteiger partial charge in [0, 0.05) is 35.7 Å². The maximum absolute atomic E-state index is 11.2. The minimum atomic E-state index is -0.656. The number of aliphatic carboxylic acids is 1. The number of hydrogen-bond acceptors (Lipinski definition) is 7. The molecular formula is C26H30Cl2N6O2. The van der Waals surface area contributed by atoms with Crippen molar-refractivity contribution < 1.29 is 9.90 Å². The van der Waals surface area contributed by atoms with Gasteiger partial charge in [-0.1, -0.05) is 29.3 Å². The zero-order valence-electron chi connectivity index (χ0n) is 20.2. The summed E-state index contributed by atoms with van der Waals surface area (Å²) in [5.41, 5.74) is 1.26. The van der Waals surface area contributed by atoms with E-state index in [-0.39, 0.29) is 12.0 Å². The van der Waals surface area contributed by atoms with Gasteiger partial charge in [-0.05, 0) is 68.7 Å². The summed E-state index contributed by atoms with van der Waals surface area (Å²) in [7, 11) is 0. The van der Waals surface area contributed by atoms with Crippen LogP contribution in [0.4, 0.5) is 11.8 Å². The van der Waals surface area contributed by atoms with Gasteiger partial charge in [0.1, 0.15) is 17.5 Å². The van der Waals surface area contributed by atoms with E-state index in [0.717, 1.165) is 44.6 Å². The summed E-state index contributed by atoms with van der Waals surface area (Å²) in [6, 6.07) is 7.79. The highest BCUT2D eigenvalue weighted by molar-refractivity contribution is 6.35. The number of nitrogens with zero attached hydrogens (tertiary/aromatic N) is 5. The standard InChI is InChI=1S/C26H30Cl2N6O2/c1-15(22-5-4-20(27)9-23(22)28)31-24-18(10-29)11-30-26(32-24)34-13-19(14-34)16-3-2-6-33(12-16)21-7-17(8-21)25(35)36/h4-5,9,11,15-17,19,21H,2-3,6-8,12-14H2,1H3,(H,35,36)(H,30,31,32)/t15?,16-,17?,21?/m0/s1. The maximum Gasteiger partial charge on any atom is 0.306 e. The molecular weight excluding hydrogens is 499 g/mol. The molecule has 1 aromatic carbocycles.